The molecule has 0 aliphatic heterocycles. The molecular formula is C19H16ClN3O. The molecule has 2 aromatic carbocycles. The third kappa shape index (κ3) is 3.73. The maximum atomic E-state index is 12.3. The van der Waals surface area contributed by atoms with Gasteiger partial charge in [0.2, 0.25) is 0 Å². The molecule has 1 amide bonds. The lowest BCUT2D eigenvalue weighted by Gasteiger charge is -2.10. The standard InChI is InChI=1S/C19H16ClN3O/c1-13-16(20)8-5-9-17(13)23-19(24)18-11-10-15(12-21-18)22-14-6-3-2-4-7-14/h2-12,22H,1H3,(H,23,24). The van der Waals surface area contributed by atoms with Crippen molar-refractivity contribution in [2.24, 2.45) is 0 Å². The summed E-state index contributed by atoms with van der Waals surface area (Å²) in [5.41, 5.74) is 3.63. The van der Waals surface area contributed by atoms with Gasteiger partial charge in [0.25, 0.3) is 5.91 Å². The summed E-state index contributed by atoms with van der Waals surface area (Å²) in [5, 5.41) is 6.67. The van der Waals surface area contributed by atoms with Crippen LogP contribution in [-0.2, 0) is 0 Å². The first-order valence-electron chi connectivity index (χ1n) is 7.48. The van der Waals surface area contributed by atoms with Gasteiger partial charge in [-0.15, -0.1) is 0 Å². The van der Waals surface area contributed by atoms with Gasteiger partial charge in [0.1, 0.15) is 5.69 Å². The van der Waals surface area contributed by atoms with E-state index in [1.54, 1.807) is 24.4 Å². The fourth-order valence-corrected chi connectivity index (χ4v) is 2.39. The van der Waals surface area contributed by atoms with Crippen molar-refractivity contribution in [1.29, 1.82) is 0 Å². The molecule has 1 aromatic heterocycles. The van der Waals surface area contributed by atoms with E-state index in [4.69, 9.17) is 11.6 Å². The quantitative estimate of drug-likeness (QED) is 0.701. The fourth-order valence-electron chi connectivity index (χ4n) is 2.22. The molecule has 0 spiro atoms. The summed E-state index contributed by atoms with van der Waals surface area (Å²) >= 11 is 6.07. The number of aromatic nitrogens is 1. The molecule has 24 heavy (non-hydrogen) atoms. The van der Waals surface area contributed by atoms with E-state index in [0.717, 1.165) is 16.9 Å². The van der Waals surface area contributed by atoms with Crippen LogP contribution in [0.1, 0.15) is 16.1 Å². The minimum atomic E-state index is -0.272. The van der Waals surface area contributed by atoms with E-state index >= 15 is 0 Å². The molecule has 1 heterocycles. The Morgan fingerprint density at radius 3 is 2.46 bits per heavy atom. The smallest absolute Gasteiger partial charge is 0.274 e. The Labute approximate surface area is 145 Å². The number of benzene rings is 2. The number of rotatable bonds is 4. The molecule has 2 N–H and O–H groups in total. The Morgan fingerprint density at radius 1 is 0.958 bits per heavy atom. The summed E-state index contributed by atoms with van der Waals surface area (Å²) in [6.45, 7) is 1.86. The van der Waals surface area contributed by atoms with Crippen LogP contribution in [0.3, 0.4) is 0 Å². The number of carbonyl (C=O) groups excluding carboxylic acids is 1. The largest absolute Gasteiger partial charge is 0.354 e. The molecule has 0 saturated heterocycles. The second-order valence-corrected chi connectivity index (χ2v) is 5.70. The first kappa shape index (κ1) is 16.0. The molecule has 0 unspecified atom stereocenters. The van der Waals surface area contributed by atoms with Crippen molar-refractivity contribution in [2.75, 3.05) is 10.6 Å². The van der Waals surface area contributed by atoms with Gasteiger partial charge in [0.15, 0.2) is 0 Å². The molecular weight excluding hydrogens is 322 g/mol. The van der Waals surface area contributed by atoms with Crippen LogP contribution in [0.4, 0.5) is 17.1 Å². The average Bonchev–Trinajstić information content (AvgIpc) is 2.60. The summed E-state index contributed by atoms with van der Waals surface area (Å²) in [5.74, 6) is -0.272. The minimum absolute atomic E-state index is 0.272. The lowest BCUT2D eigenvalue weighted by atomic mass is 10.2. The third-order valence-corrected chi connectivity index (χ3v) is 3.98. The van der Waals surface area contributed by atoms with Crippen molar-refractivity contribution in [3.05, 3.63) is 83.1 Å². The normalized spacial score (nSPS) is 10.2. The highest BCUT2D eigenvalue weighted by molar-refractivity contribution is 6.31. The molecule has 3 rings (SSSR count). The van der Waals surface area contributed by atoms with Crippen molar-refractivity contribution in [3.63, 3.8) is 0 Å². The Balaban J connectivity index is 1.71. The van der Waals surface area contributed by atoms with Crippen LogP contribution in [0.2, 0.25) is 5.02 Å². The van der Waals surface area contributed by atoms with Crippen LogP contribution in [0.5, 0.6) is 0 Å². The first-order chi connectivity index (χ1) is 11.6. The number of anilines is 3. The number of hydrogen-bond donors (Lipinski definition) is 2. The molecule has 0 fully saturated rings. The fraction of sp³-hybridized carbons (Fsp3) is 0.0526. The van der Waals surface area contributed by atoms with E-state index in [9.17, 15) is 4.79 Å². The monoisotopic (exact) mass is 337 g/mol. The number of nitrogens with one attached hydrogen (secondary N) is 2. The van der Waals surface area contributed by atoms with Crippen molar-refractivity contribution >= 4 is 34.6 Å². The Morgan fingerprint density at radius 2 is 1.75 bits per heavy atom. The predicted molar refractivity (Wildman–Crippen MR) is 98.1 cm³/mol. The lowest BCUT2D eigenvalue weighted by Crippen LogP contribution is -2.14. The summed E-state index contributed by atoms with van der Waals surface area (Å²) in [7, 11) is 0. The van der Waals surface area contributed by atoms with Crippen molar-refractivity contribution < 1.29 is 4.79 Å². The van der Waals surface area contributed by atoms with Crippen molar-refractivity contribution in [2.45, 2.75) is 6.92 Å². The maximum absolute atomic E-state index is 12.3. The summed E-state index contributed by atoms with van der Waals surface area (Å²) in [4.78, 5) is 16.5. The van der Waals surface area contributed by atoms with E-state index in [1.807, 2.05) is 49.4 Å². The number of pyridine rings is 1. The number of halogens is 1. The molecule has 0 aliphatic carbocycles. The number of hydrogen-bond acceptors (Lipinski definition) is 3. The van der Waals surface area contributed by atoms with Crippen LogP contribution in [0.25, 0.3) is 0 Å². The highest BCUT2D eigenvalue weighted by atomic mass is 35.5. The lowest BCUT2D eigenvalue weighted by molar-refractivity contribution is 0.102. The maximum Gasteiger partial charge on any atom is 0.274 e. The molecule has 0 saturated carbocycles. The highest BCUT2D eigenvalue weighted by Crippen LogP contribution is 2.23. The zero-order chi connectivity index (χ0) is 16.9. The molecule has 0 bridgehead atoms. The van der Waals surface area contributed by atoms with Gasteiger partial charge in [-0.3, -0.25) is 4.79 Å². The Bertz CT molecular complexity index is 848. The van der Waals surface area contributed by atoms with E-state index in [0.29, 0.717) is 16.4 Å². The average molecular weight is 338 g/mol. The predicted octanol–water partition coefficient (Wildman–Crippen LogP) is 5.04. The van der Waals surface area contributed by atoms with E-state index in [2.05, 4.69) is 15.6 Å². The van der Waals surface area contributed by atoms with Gasteiger partial charge in [-0.2, -0.15) is 0 Å². The van der Waals surface area contributed by atoms with Gasteiger partial charge in [0, 0.05) is 16.4 Å². The highest BCUT2D eigenvalue weighted by Gasteiger charge is 2.10. The van der Waals surface area contributed by atoms with Crippen molar-refractivity contribution in [3.8, 4) is 0 Å². The zero-order valence-electron chi connectivity index (χ0n) is 13.1. The van der Waals surface area contributed by atoms with E-state index < -0.39 is 0 Å². The summed E-state index contributed by atoms with van der Waals surface area (Å²) in [6, 6.07) is 18.7. The molecule has 120 valence electrons. The summed E-state index contributed by atoms with van der Waals surface area (Å²) < 4.78 is 0. The zero-order valence-corrected chi connectivity index (χ0v) is 13.8. The SMILES string of the molecule is Cc1c(Cl)cccc1NC(=O)c1ccc(Nc2ccccc2)cn1. The third-order valence-electron chi connectivity index (χ3n) is 3.57. The molecule has 0 atom stereocenters. The van der Waals surface area contributed by atoms with Gasteiger partial charge < -0.3 is 10.6 Å². The van der Waals surface area contributed by atoms with Crippen LogP contribution in [-0.4, -0.2) is 10.9 Å². The van der Waals surface area contributed by atoms with Crippen LogP contribution in [0, 0.1) is 6.92 Å². The Hall–Kier alpha value is -2.85. The molecule has 5 heteroatoms. The number of para-hydroxylation sites is 1. The van der Waals surface area contributed by atoms with Gasteiger partial charge in [-0.25, -0.2) is 4.98 Å². The number of nitrogens with zero attached hydrogens (tertiary/aromatic N) is 1. The summed E-state index contributed by atoms with van der Waals surface area (Å²) in [6.07, 6.45) is 1.63. The number of carbonyl (C=O) groups is 1. The number of amides is 1. The van der Waals surface area contributed by atoms with Gasteiger partial charge in [-0.05, 0) is 48.9 Å². The van der Waals surface area contributed by atoms with Gasteiger partial charge in [-0.1, -0.05) is 35.9 Å². The molecule has 0 aliphatic rings. The van der Waals surface area contributed by atoms with Crippen LogP contribution in [0.15, 0.2) is 66.9 Å². The second-order valence-electron chi connectivity index (χ2n) is 5.29. The van der Waals surface area contributed by atoms with E-state index in [1.165, 1.54) is 0 Å². The van der Waals surface area contributed by atoms with Gasteiger partial charge >= 0.3 is 0 Å². The molecule has 0 radical (unpaired) electrons. The van der Waals surface area contributed by atoms with E-state index in [-0.39, 0.29) is 5.91 Å². The topological polar surface area (TPSA) is 54.0 Å². The van der Waals surface area contributed by atoms with Gasteiger partial charge in [0.05, 0.1) is 11.9 Å². The molecule has 4 nitrogen and oxygen atoms in total. The second kappa shape index (κ2) is 7.15. The van der Waals surface area contributed by atoms with Crippen LogP contribution < -0.4 is 10.6 Å². The first-order valence-corrected chi connectivity index (χ1v) is 7.86. The van der Waals surface area contributed by atoms with Crippen LogP contribution >= 0.6 is 11.6 Å². The molecule has 3 aromatic rings. The van der Waals surface area contributed by atoms with Crippen molar-refractivity contribution in [1.82, 2.24) is 4.98 Å². The minimum Gasteiger partial charge on any atom is -0.354 e. The Kier molecular flexibility index (Phi) is 4.77.